The Morgan fingerprint density at radius 1 is 1.28 bits per heavy atom. The molecule has 11 heteroatoms. The lowest BCUT2D eigenvalue weighted by atomic mass is 9.93. The second-order valence-electron chi connectivity index (χ2n) is 9.07. The predicted molar refractivity (Wildman–Crippen MR) is 115 cm³/mol. The maximum Gasteiger partial charge on any atom is 0.410 e. The average Bonchev–Trinajstić information content (AvgIpc) is 2.94. The van der Waals surface area contributed by atoms with E-state index in [0.717, 1.165) is 0 Å². The Bertz CT molecular complexity index is 1040. The largest absolute Gasteiger partial charge is 0.489 e. The number of amides is 1. The van der Waals surface area contributed by atoms with E-state index < -0.39 is 29.6 Å². The minimum absolute atomic E-state index is 0.0503. The highest BCUT2D eigenvalue weighted by Gasteiger charge is 2.51. The molecule has 1 fully saturated rings. The number of piperidine rings is 1. The van der Waals surface area contributed by atoms with Crippen LogP contribution in [0.2, 0.25) is 0 Å². The summed E-state index contributed by atoms with van der Waals surface area (Å²) in [7, 11) is 1.58. The number of H-pyrrole nitrogens is 1. The van der Waals surface area contributed by atoms with Crippen molar-refractivity contribution < 1.29 is 27.8 Å². The van der Waals surface area contributed by atoms with Crippen LogP contribution in [-0.4, -0.2) is 64.5 Å². The fourth-order valence-corrected chi connectivity index (χ4v) is 3.63. The first kappa shape index (κ1) is 23.8. The van der Waals surface area contributed by atoms with Crippen molar-refractivity contribution in [2.45, 2.75) is 45.3 Å². The highest BCUT2D eigenvalue weighted by atomic mass is 19.3. The van der Waals surface area contributed by atoms with Crippen molar-refractivity contribution in [1.29, 1.82) is 0 Å². The van der Waals surface area contributed by atoms with Crippen molar-refractivity contribution in [3.63, 3.8) is 0 Å². The Morgan fingerprint density at radius 2 is 1.97 bits per heavy atom. The van der Waals surface area contributed by atoms with Crippen molar-refractivity contribution in [3.05, 3.63) is 22.6 Å². The lowest BCUT2D eigenvalue weighted by Gasteiger charge is -2.42. The molecule has 0 spiro atoms. The van der Waals surface area contributed by atoms with Gasteiger partial charge in [0.15, 0.2) is 0 Å². The van der Waals surface area contributed by atoms with Crippen molar-refractivity contribution in [2.24, 2.45) is 13.0 Å². The molecule has 2 atom stereocenters. The van der Waals surface area contributed by atoms with Crippen molar-refractivity contribution in [2.75, 3.05) is 32.0 Å². The number of rotatable bonds is 5. The smallest absolute Gasteiger partial charge is 0.410 e. The Kier molecular flexibility index (Phi) is 6.41. The van der Waals surface area contributed by atoms with Gasteiger partial charge >= 0.3 is 11.8 Å². The van der Waals surface area contributed by atoms with Gasteiger partial charge in [0.05, 0.1) is 18.7 Å². The first-order valence-electron chi connectivity index (χ1n) is 10.4. The molecule has 3 rings (SSSR count). The van der Waals surface area contributed by atoms with E-state index in [-0.39, 0.29) is 32.0 Å². The Labute approximate surface area is 184 Å². The number of halogens is 2. The highest BCUT2D eigenvalue weighted by molar-refractivity contribution is 5.85. The third-order valence-electron chi connectivity index (χ3n) is 5.26. The first-order chi connectivity index (χ1) is 14.8. The lowest BCUT2D eigenvalue weighted by Crippen LogP contribution is -2.59. The lowest BCUT2D eigenvalue weighted by molar-refractivity contribution is -0.197. The van der Waals surface area contributed by atoms with Crippen LogP contribution in [-0.2, 0) is 16.5 Å². The molecule has 1 aromatic carbocycles. The van der Waals surface area contributed by atoms with E-state index in [0.29, 0.717) is 22.5 Å². The third kappa shape index (κ3) is 4.98. The first-order valence-corrected chi connectivity index (χ1v) is 10.4. The molecule has 32 heavy (non-hydrogen) atoms. The molecule has 0 aliphatic carbocycles. The van der Waals surface area contributed by atoms with Crippen LogP contribution in [0.25, 0.3) is 11.0 Å². The summed E-state index contributed by atoms with van der Waals surface area (Å²) in [5.74, 6) is -3.88. The number of hydrogen-bond donors (Lipinski definition) is 2. The minimum Gasteiger partial charge on any atom is -0.489 e. The summed E-state index contributed by atoms with van der Waals surface area (Å²) < 4.78 is 47.2. The molecule has 2 aromatic rings. The van der Waals surface area contributed by atoms with Crippen LogP contribution >= 0.6 is 0 Å². The summed E-state index contributed by atoms with van der Waals surface area (Å²) in [4.78, 5) is 28.1. The average molecular weight is 456 g/mol. The molecule has 1 aliphatic heterocycles. The van der Waals surface area contributed by atoms with Crippen LogP contribution in [0, 0.1) is 5.92 Å². The van der Waals surface area contributed by atoms with E-state index in [4.69, 9.17) is 19.9 Å². The number of carbonyl (C=O) groups excluding carboxylic acids is 1. The Hall–Kier alpha value is -2.82. The fraction of sp³-hybridized carbons (Fsp3) is 0.619. The van der Waals surface area contributed by atoms with Crippen LogP contribution in [0.3, 0.4) is 0 Å². The number of likely N-dealkylation sites (tertiary alicyclic amines) is 1. The normalized spacial score (nSPS) is 21.0. The van der Waals surface area contributed by atoms with E-state index in [9.17, 15) is 18.4 Å². The third-order valence-corrected chi connectivity index (χ3v) is 5.26. The topological polar surface area (TPSA) is 112 Å². The summed E-state index contributed by atoms with van der Waals surface area (Å²) in [5.41, 5.74) is 6.20. The number of nitrogens with zero attached hydrogens (tertiary/aromatic N) is 2. The quantitative estimate of drug-likeness (QED) is 0.529. The van der Waals surface area contributed by atoms with Gasteiger partial charge in [-0.2, -0.15) is 0 Å². The van der Waals surface area contributed by atoms with Gasteiger partial charge < -0.3 is 29.8 Å². The van der Waals surface area contributed by atoms with Gasteiger partial charge in [0.1, 0.15) is 29.6 Å². The minimum atomic E-state index is -3.12. The molecule has 0 radical (unpaired) electrons. The zero-order chi connectivity index (χ0) is 23.8. The molecular weight excluding hydrogens is 426 g/mol. The van der Waals surface area contributed by atoms with Gasteiger partial charge in [-0.25, -0.2) is 18.4 Å². The number of nitrogens with two attached hydrogens (primary N) is 1. The number of anilines is 1. The molecule has 1 saturated heterocycles. The van der Waals surface area contributed by atoms with E-state index in [1.807, 2.05) is 0 Å². The molecule has 2 heterocycles. The number of nitrogen functional groups attached to an aromatic ring is 1. The molecule has 0 bridgehead atoms. The number of alkyl halides is 2. The number of nitrogens with one attached hydrogen (secondary N) is 1. The zero-order valence-electron chi connectivity index (χ0n) is 18.9. The summed E-state index contributed by atoms with van der Waals surface area (Å²) >= 11 is 0. The molecular formula is C21H30F2N4O5. The summed E-state index contributed by atoms with van der Waals surface area (Å²) in [5, 5.41) is 0. The Balaban J connectivity index is 1.65. The van der Waals surface area contributed by atoms with Gasteiger partial charge in [-0.1, -0.05) is 6.92 Å². The molecule has 1 amide bonds. The van der Waals surface area contributed by atoms with Crippen molar-refractivity contribution >= 4 is 22.8 Å². The predicted octanol–water partition coefficient (Wildman–Crippen LogP) is 2.73. The number of ether oxygens (including phenoxy) is 3. The number of hydrogen-bond acceptors (Lipinski definition) is 6. The summed E-state index contributed by atoms with van der Waals surface area (Å²) in [6, 6.07) is 3.16. The number of fused-ring (bicyclic) bond motifs is 1. The SMILES string of the molecule is C[C@H]1CN(C(=O)OC(C)(C)C)C[C@@H](OCCOc2cc(N)cc3[nH]c(=O)n(C)c23)C1(F)F. The van der Waals surface area contributed by atoms with Gasteiger partial charge in [0.25, 0.3) is 5.92 Å². The van der Waals surface area contributed by atoms with Crippen LogP contribution in [0.5, 0.6) is 5.75 Å². The number of aromatic nitrogens is 2. The van der Waals surface area contributed by atoms with Crippen molar-refractivity contribution in [3.8, 4) is 5.75 Å². The number of imidazole rings is 1. The molecule has 9 nitrogen and oxygen atoms in total. The van der Waals surface area contributed by atoms with Gasteiger partial charge in [0.2, 0.25) is 0 Å². The maximum atomic E-state index is 14.7. The van der Waals surface area contributed by atoms with E-state index in [2.05, 4.69) is 4.98 Å². The molecule has 0 unspecified atom stereocenters. The van der Waals surface area contributed by atoms with Crippen LogP contribution in [0.4, 0.5) is 19.3 Å². The van der Waals surface area contributed by atoms with Crippen LogP contribution in [0.15, 0.2) is 16.9 Å². The molecule has 3 N–H and O–H groups in total. The number of carbonyl (C=O) groups is 1. The van der Waals surface area contributed by atoms with Gasteiger partial charge in [-0.3, -0.25) is 4.57 Å². The van der Waals surface area contributed by atoms with Crippen LogP contribution < -0.4 is 16.2 Å². The molecule has 1 aromatic heterocycles. The monoisotopic (exact) mass is 456 g/mol. The molecule has 0 saturated carbocycles. The fourth-order valence-electron chi connectivity index (χ4n) is 3.63. The van der Waals surface area contributed by atoms with E-state index in [1.54, 1.807) is 40.0 Å². The Morgan fingerprint density at radius 3 is 2.62 bits per heavy atom. The number of benzene rings is 1. The second kappa shape index (κ2) is 8.61. The highest BCUT2D eigenvalue weighted by Crippen LogP contribution is 2.36. The van der Waals surface area contributed by atoms with Gasteiger partial charge in [-0.15, -0.1) is 0 Å². The van der Waals surface area contributed by atoms with Gasteiger partial charge in [0, 0.05) is 31.3 Å². The number of aromatic amines is 1. The van der Waals surface area contributed by atoms with Crippen molar-refractivity contribution in [1.82, 2.24) is 14.5 Å². The molecule has 178 valence electrons. The zero-order valence-corrected chi connectivity index (χ0v) is 18.9. The second-order valence-corrected chi connectivity index (χ2v) is 9.07. The van der Waals surface area contributed by atoms with E-state index >= 15 is 0 Å². The molecule has 1 aliphatic rings. The standard InChI is InChI=1S/C21H30F2N4O5/c1-12-10-27(19(29)32-20(2,3)4)11-16(21(12,22)23)31-7-6-30-15-9-13(24)8-14-17(15)26(5)18(28)25-14/h8-9,12,16H,6-7,10-11,24H2,1-5H3,(H,25,28)/t12-,16+/m0/s1. The van der Waals surface area contributed by atoms with E-state index in [1.165, 1.54) is 16.4 Å². The number of aryl methyl sites for hydroxylation is 1. The summed E-state index contributed by atoms with van der Waals surface area (Å²) in [6.45, 7) is 5.90. The van der Waals surface area contributed by atoms with Crippen LogP contribution in [0.1, 0.15) is 27.7 Å². The van der Waals surface area contributed by atoms with Gasteiger partial charge in [-0.05, 0) is 26.8 Å². The maximum absolute atomic E-state index is 14.7. The summed E-state index contributed by atoms with van der Waals surface area (Å²) in [6.07, 6.45) is -2.15.